The molecule has 3 aromatic carbocycles. The number of hydrogen-bond acceptors (Lipinski definition) is 12. The topological polar surface area (TPSA) is 188 Å². The van der Waals surface area contributed by atoms with Crippen molar-refractivity contribution in [3.05, 3.63) is 120 Å². The molecule has 10 rings (SSSR count). The van der Waals surface area contributed by atoms with E-state index in [1.165, 1.54) is 12.4 Å². The normalized spacial score (nSPS) is 18.4. The third-order valence-electron chi connectivity index (χ3n) is 13.0. The molecule has 0 aliphatic carbocycles. The molecule has 6 aromatic rings. The number of nitrogens with two attached hydrogens (primary N) is 1. The van der Waals surface area contributed by atoms with Crippen LogP contribution >= 0.6 is 0 Å². The molecule has 64 heavy (non-hydrogen) atoms. The van der Waals surface area contributed by atoms with Gasteiger partial charge in [-0.2, -0.15) is 5.10 Å². The first-order valence-corrected chi connectivity index (χ1v) is 21.7. The lowest BCUT2D eigenvalue weighted by atomic mass is 9.95. The van der Waals surface area contributed by atoms with Crippen LogP contribution in [0, 0.1) is 11.7 Å². The third-order valence-corrected chi connectivity index (χ3v) is 13.0. The first-order valence-electron chi connectivity index (χ1n) is 21.7. The van der Waals surface area contributed by atoms with Gasteiger partial charge in [-0.3, -0.25) is 34.4 Å². The number of hydrogen-bond donors (Lipinski definition) is 3. The van der Waals surface area contributed by atoms with Crippen LogP contribution in [0.3, 0.4) is 0 Å². The second-order valence-corrected chi connectivity index (χ2v) is 16.9. The second-order valence-electron chi connectivity index (χ2n) is 16.9. The summed E-state index contributed by atoms with van der Waals surface area (Å²) in [5.74, 6) is -0.679. The molecule has 326 valence electrons. The van der Waals surface area contributed by atoms with Crippen LogP contribution in [0.5, 0.6) is 0 Å². The van der Waals surface area contributed by atoms with Crippen molar-refractivity contribution in [3.8, 4) is 16.9 Å². The van der Waals surface area contributed by atoms with Gasteiger partial charge in [0, 0.05) is 94.4 Å². The zero-order valence-corrected chi connectivity index (χ0v) is 35.1. The Kier molecular flexibility index (Phi) is 10.9. The van der Waals surface area contributed by atoms with E-state index in [0.29, 0.717) is 64.8 Å². The van der Waals surface area contributed by atoms with Crippen molar-refractivity contribution in [2.24, 2.45) is 5.92 Å². The monoisotopic (exact) mass is 862 g/mol. The number of pyridine rings is 1. The molecular weight excluding hydrogens is 816 g/mol. The van der Waals surface area contributed by atoms with E-state index in [-0.39, 0.29) is 35.8 Å². The first kappa shape index (κ1) is 40.8. The summed E-state index contributed by atoms with van der Waals surface area (Å²) in [5.41, 5.74) is 13.1. The summed E-state index contributed by atoms with van der Waals surface area (Å²) in [6.45, 7) is 6.77. The maximum atomic E-state index is 16.1. The van der Waals surface area contributed by atoms with E-state index in [9.17, 15) is 19.2 Å². The van der Waals surface area contributed by atoms with Crippen molar-refractivity contribution in [2.75, 3.05) is 61.3 Å². The Hall–Kier alpha value is -7.27. The highest BCUT2D eigenvalue weighted by molar-refractivity contribution is 6.05. The predicted molar refractivity (Wildman–Crippen MR) is 238 cm³/mol. The number of piperidine rings is 2. The van der Waals surface area contributed by atoms with E-state index < -0.39 is 11.9 Å². The highest BCUT2D eigenvalue weighted by Gasteiger charge is 2.39. The van der Waals surface area contributed by atoms with Gasteiger partial charge in [0.1, 0.15) is 35.4 Å². The van der Waals surface area contributed by atoms with Gasteiger partial charge in [-0.15, -0.1) is 0 Å². The largest absolute Gasteiger partial charge is 0.383 e. The molecule has 3 aromatic heterocycles. The van der Waals surface area contributed by atoms with E-state index in [1.807, 2.05) is 48.5 Å². The van der Waals surface area contributed by atoms with Crippen molar-refractivity contribution < 1.29 is 23.6 Å². The lowest BCUT2D eigenvalue weighted by Gasteiger charge is -2.40. The van der Waals surface area contributed by atoms with Gasteiger partial charge in [-0.05, 0) is 78.8 Å². The van der Waals surface area contributed by atoms with Crippen LogP contribution in [-0.4, -0.2) is 110 Å². The summed E-state index contributed by atoms with van der Waals surface area (Å²) < 4.78 is 17.7. The molecule has 16 nitrogen and oxygen atoms in total. The van der Waals surface area contributed by atoms with Crippen LogP contribution in [0.4, 0.5) is 21.6 Å². The Bertz CT molecular complexity index is 2770. The Morgan fingerprint density at radius 3 is 2.39 bits per heavy atom. The van der Waals surface area contributed by atoms with Crippen molar-refractivity contribution >= 4 is 51.9 Å². The van der Waals surface area contributed by atoms with Gasteiger partial charge >= 0.3 is 0 Å². The zero-order chi connectivity index (χ0) is 43.9. The van der Waals surface area contributed by atoms with Gasteiger partial charge in [0.2, 0.25) is 11.8 Å². The Morgan fingerprint density at radius 2 is 1.64 bits per heavy atom. The summed E-state index contributed by atoms with van der Waals surface area (Å²) in [5, 5.41) is 10.7. The average molecular weight is 863 g/mol. The summed E-state index contributed by atoms with van der Waals surface area (Å²) in [7, 11) is 0. The minimum absolute atomic E-state index is 0.159. The number of imide groups is 1. The number of halogens is 1. The fourth-order valence-corrected chi connectivity index (χ4v) is 9.46. The molecule has 0 radical (unpaired) electrons. The molecule has 3 saturated heterocycles. The number of piperazine rings is 1. The third kappa shape index (κ3) is 7.98. The molecule has 3 fully saturated rings. The van der Waals surface area contributed by atoms with E-state index in [1.54, 1.807) is 34.0 Å². The molecule has 4 aliphatic rings. The van der Waals surface area contributed by atoms with E-state index >= 15 is 4.39 Å². The van der Waals surface area contributed by atoms with Crippen LogP contribution in [0.25, 0.3) is 28.0 Å². The van der Waals surface area contributed by atoms with Crippen molar-refractivity contribution in [1.82, 2.24) is 45.2 Å². The molecule has 0 spiro atoms. The van der Waals surface area contributed by atoms with E-state index in [2.05, 4.69) is 46.4 Å². The molecule has 4 aliphatic heterocycles. The minimum atomic E-state index is -0.623. The number of carbonyl (C=O) groups excluding carboxylic acids is 4. The molecule has 0 bridgehead atoms. The van der Waals surface area contributed by atoms with Crippen LogP contribution in [-0.2, 0) is 22.7 Å². The lowest BCUT2D eigenvalue weighted by Crippen LogP contribution is -2.52. The second kappa shape index (κ2) is 17.1. The number of rotatable bonds is 10. The van der Waals surface area contributed by atoms with Gasteiger partial charge in [0.15, 0.2) is 5.65 Å². The number of nitrogens with one attached hydrogen (secondary N) is 2. The fraction of sp³-hybridized carbons (Fsp3) is 0.319. The molecule has 0 saturated carbocycles. The quantitative estimate of drug-likeness (QED) is 0.166. The van der Waals surface area contributed by atoms with Crippen LogP contribution in [0.1, 0.15) is 57.7 Å². The SMILES string of the molecule is Nc1ncnc2c1c(-c1ccc(CNC(=O)c3ccccn3)cc1)nn2-c1ccc(N2CCC(CN3CCN(c4ccc5c(c4)CN(C4CCC(=O)NC4=O)C5=O)CC3)CC2)c(F)c1. The maximum absolute atomic E-state index is 16.1. The van der Waals surface area contributed by atoms with Crippen LogP contribution in [0.15, 0.2) is 91.4 Å². The number of anilines is 3. The predicted octanol–water partition coefficient (Wildman–Crippen LogP) is 4.33. The summed E-state index contributed by atoms with van der Waals surface area (Å²) in [6.07, 6.45) is 5.46. The smallest absolute Gasteiger partial charge is 0.270 e. The summed E-state index contributed by atoms with van der Waals surface area (Å²) in [4.78, 5) is 71.2. The standard InChI is InChI=1S/C47H47FN12O4/c48-36-24-34(60-44-41(43(49)52-28-53-44)42(55-60)31-6-4-29(5-7-31)25-51-45(62)37-3-1-2-16-50-37)9-11-38(36)58-17-14-30(15-18-58)26-56-19-21-57(22-20-56)33-8-10-35-32(23-33)27-59(47(35)64)39-12-13-40(61)54-46(39)63/h1-11,16,23-24,28,30,39H,12-15,17-22,25-27H2,(H,51,62)(H2,49,52,53)(H,54,61,63). The van der Waals surface area contributed by atoms with Gasteiger partial charge in [-0.25, -0.2) is 19.0 Å². The molecular formula is C47H47FN12O4. The Labute approximate surface area is 368 Å². The Balaban J connectivity index is 0.738. The number of carbonyl (C=O) groups is 4. The van der Waals surface area contributed by atoms with Gasteiger partial charge in [0.25, 0.3) is 11.8 Å². The fourth-order valence-electron chi connectivity index (χ4n) is 9.46. The first-order chi connectivity index (χ1) is 31.2. The summed E-state index contributed by atoms with van der Waals surface area (Å²) >= 11 is 0. The summed E-state index contributed by atoms with van der Waals surface area (Å²) in [6, 6.07) is 23.3. The maximum Gasteiger partial charge on any atom is 0.270 e. The minimum Gasteiger partial charge on any atom is -0.383 e. The van der Waals surface area contributed by atoms with Crippen molar-refractivity contribution in [2.45, 2.75) is 44.8 Å². The van der Waals surface area contributed by atoms with Gasteiger partial charge in [0.05, 0.1) is 16.8 Å². The van der Waals surface area contributed by atoms with Gasteiger partial charge < -0.3 is 25.8 Å². The lowest BCUT2D eigenvalue weighted by molar-refractivity contribution is -0.136. The molecule has 7 heterocycles. The number of benzene rings is 3. The molecule has 4 N–H and O–H groups in total. The highest BCUT2D eigenvalue weighted by atomic mass is 19.1. The number of amides is 4. The van der Waals surface area contributed by atoms with Gasteiger partial charge in [-0.1, -0.05) is 30.3 Å². The average Bonchev–Trinajstić information content (AvgIpc) is 3.87. The number of fused-ring (bicyclic) bond motifs is 2. The molecule has 1 atom stereocenters. The Morgan fingerprint density at radius 1 is 0.844 bits per heavy atom. The van der Waals surface area contributed by atoms with E-state index in [4.69, 9.17) is 10.8 Å². The van der Waals surface area contributed by atoms with Crippen LogP contribution in [0.2, 0.25) is 0 Å². The number of nitrogens with zero attached hydrogens (tertiary/aromatic N) is 9. The molecule has 17 heteroatoms. The van der Waals surface area contributed by atoms with Crippen molar-refractivity contribution in [1.29, 1.82) is 0 Å². The molecule has 4 amide bonds. The van der Waals surface area contributed by atoms with Crippen molar-refractivity contribution in [3.63, 3.8) is 0 Å². The zero-order valence-electron chi connectivity index (χ0n) is 35.1. The number of aromatic nitrogens is 5. The highest BCUT2D eigenvalue weighted by Crippen LogP contribution is 2.35. The van der Waals surface area contributed by atoms with Crippen LogP contribution < -0.4 is 26.2 Å². The number of nitrogen functional groups attached to an aromatic ring is 1. The van der Waals surface area contributed by atoms with E-state index in [0.717, 1.165) is 81.0 Å². The molecule has 1 unspecified atom stereocenters.